The molecule has 1 heterocycles. The van der Waals surface area contributed by atoms with Gasteiger partial charge in [-0.1, -0.05) is 18.7 Å². The Kier molecular flexibility index (Phi) is 9.27. The van der Waals surface area contributed by atoms with E-state index < -0.39 is 0 Å². The first-order chi connectivity index (χ1) is 11.2. The van der Waals surface area contributed by atoms with E-state index in [0.717, 1.165) is 56.1 Å². The number of amides is 1. The number of ether oxygens (including phenoxy) is 2. The van der Waals surface area contributed by atoms with Crippen LogP contribution in [0.5, 0.6) is 11.5 Å². The molecule has 0 spiro atoms. The smallest absolute Gasteiger partial charge is 0.222 e. The van der Waals surface area contributed by atoms with Crippen LogP contribution in [-0.2, 0) is 11.3 Å². The third kappa shape index (κ3) is 6.06. The van der Waals surface area contributed by atoms with Gasteiger partial charge in [0.15, 0.2) is 11.5 Å². The van der Waals surface area contributed by atoms with Gasteiger partial charge in [0.2, 0.25) is 5.91 Å². The molecule has 0 bridgehead atoms. The van der Waals surface area contributed by atoms with Crippen LogP contribution < -0.4 is 14.8 Å². The van der Waals surface area contributed by atoms with Gasteiger partial charge in [0.05, 0.1) is 7.11 Å². The van der Waals surface area contributed by atoms with Crippen molar-refractivity contribution in [2.75, 3.05) is 33.4 Å². The topological polar surface area (TPSA) is 50.8 Å². The number of carbonyl (C=O) groups is 1. The molecule has 1 N–H and O–H groups in total. The number of benzene rings is 1. The first-order valence-corrected chi connectivity index (χ1v) is 8.13. The Morgan fingerprint density at radius 2 is 2.21 bits per heavy atom. The van der Waals surface area contributed by atoms with E-state index in [9.17, 15) is 4.79 Å². The third-order valence-electron chi connectivity index (χ3n) is 3.87. The molecule has 5 nitrogen and oxygen atoms in total. The normalized spacial score (nSPS) is 13.5. The number of methoxy groups -OCH3 is 1. The zero-order valence-corrected chi connectivity index (χ0v) is 15.1. The molecular formula is C18H27ClN2O3. The molecule has 1 aromatic rings. The number of hydrogen-bond donors (Lipinski definition) is 1. The van der Waals surface area contributed by atoms with Crippen LogP contribution in [0.3, 0.4) is 0 Å². The maximum atomic E-state index is 11.5. The van der Waals surface area contributed by atoms with Crippen molar-refractivity contribution in [3.05, 3.63) is 36.4 Å². The number of carbonyl (C=O) groups excluding carboxylic acids is 1. The average molecular weight is 355 g/mol. The van der Waals surface area contributed by atoms with E-state index in [-0.39, 0.29) is 12.4 Å². The van der Waals surface area contributed by atoms with E-state index in [2.05, 4.69) is 11.9 Å². The van der Waals surface area contributed by atoms with Gasteiger partial charge < -0.3 is 19.7 Å². The van der Waals surface area contributed by atoms with Gasteiger partial charge in [0.25, 0.3) is 0 Å². The second kappa shape index (κ2) is 10.9. The van der Waals surface area contributed by atoms with E-state index in [1.807, 2.05) is 23.1 Å². The van der Waals surface area contributed by atoms with Crippen molar-refractivity contribution >= 4 is 18.3 Å². The summed E-state index contributed by atoms with van der Waals surface area (Å²) in [5.41, 5.74) is 1.14. The van der Waals surface area contributed by atoms with Crippen LogP contribution in [0, 0.1) is 0 Å². The summed E-state index contributed by atoms with van der Waals surface area (Å²) in [5.74, 6) is 1.75. The second-order valence-electron chi connectivity index (χ2n) is 5.60. The summed E-state index contributed by atoms with van der Waals surface area (Å²) >= 11 is 0. The molecule has 2 rings (SSSR count). The Balaban J connectivity index is 0.00000288. The van der Waals surface area contributed by atoms with Crippen LogP contribution in [0.4, 0.5) is 0 Å². The molecule has 1 aliphatic rings. The standard InChI is InChI=1S/C18H26N2O3.ClH/c1-3-12-23-16-8-7-15(13-17(16)22-2)14-19-9-5-11-20-10-4-6-18(20)21;/h3,7-8,13,19H,1,4-6,9-12,14H2,2H3;1H. The van der Waals surface area contributed by atoms with Crippen LogP contribution >= 0.6 is 12.4 Å². The Morgan fingerprint density at radius 3 is 2.88 bits per heavy atom. The molecule has 0 radical (unpaired) electrons. The number of rotatable bonds is 10. The molecule has 0 unspecified atom stereocenters. The van der Waals surface area contributed by atoms with E-state index in [1.54, 1.807) is 13.2 Å². The molecule has 24 heavy (non-hydrogen) atoms. The summed E-state index contributed by atoms with van der Waals surface area (Å²) in [7, 11) is 1.64. The zero-order chi connectivity index (χ0) is 16.5. The number of hydrogen-bond acceptors (Lipinski definition) is 4. The third-order valence-corrected chi connectivity index (χ3v) is 3.87. The largest absolute Gasteiger partial charge is 0.493 e. The van der Waals surface area contributed by atoms with Crippen molar-refractivity contribution in [2.24, 2.45) is 0 Å². The number of halogens is 1. The number of likely N-dealkylation sites (tertiary alicyclic amines) is 1. The van der Waals surface area contributed by atoms with Gasteiger partial charge in [-0.05, 0) is 37.1 Å². The van der Waals surface area contributed by atoms with E-state index in [4.69, 9.17) is 9.47 Å². The van der Waals surface area contributed by atoms with Crippen LogP contribution in [0.2, 0.25) is 0 Å². The molecule has 1 fully saturated rings. The van der Waals surface area contributed by atoms with Crippen molar-refractivity contribution in [3.63, 3.8) is 0 Å². The highest BCUT2D eigenvalue weighted by molar-refractivity contribution is 5.85. The lowest BCUT2D eigenvalue weighted by atomic mass is 10.2. The number of nitrogens with one attached hydrogen (secondary N) is 1. The van der Waals surface area contributed by atoms with Crippen LogP contribution in [-0.4, -0.2) is 44.2 Å². The van der Waals surface area contributed by atoms with Gasteiger partial charge in [0, 0.05) is 26.1 Å². The van der Waals surface area contributed by atoms with Crippen molar-refractivity contribution < 1.29 is 14.3 Å². The first kappa shape index (κ1) is 20.3. The van der Waals surface area contributed by atoms with Crippen molar-refractivity contribution in [3.8, 4) is 11.5 Å². The zero-order valence-electron chi connectivity index (χ0n) is 14.3. The van der Waals surface area contributed by atoms with Gasteiger partial charge in [-0.2, -0.15) is 0 Å². The fourth-order valence-electron chi connectivity index (χ4n) is 2.66. The van der Waals surface area contributed by atoms with E-state index in [1.165, 1.54) is 0 Å². The summed E-state index contributed by atoms with van der Waals surface area (Å²) in [6.45, 7) is 7.53. The molecule has 134 valence electrons. The van der Waals surface area contributed by atoms with Crippen molar-refractivity contribution in [1.29, 1.82) is 0 Å². The maximum absolute atomic E-state index is 11.5. The second-order valence-corrected chi connectivity index (χ2v) is 5.60. The molecule has 0 atom stereocenters. The van der Waals surface area contributed by atoms with Crippen molar-refractivity contribution in [1.82, 2.24) is 10.2 Å². The van der Waals surface area contributed by atoms with E-state index >= 15 is 0 Å². The lowest BCUT2D eigenvalue weighted by Gasteiger charge is -2.15. The average Bonchev–Trinajstić information content (AvgIpc) is 2.98. The molecule has 0 aromatic heterocycles. The minimum Gasteiger partial charge on any atom is -0.493 e. The van der Waals surface area contributed by atoms with Crippen LogP contribution in [0.25, 0.3) is 0 Å². The number of nitrogens with zero attached hydrogens (tertiary/aromatic N) is 1. The quantitative estimate of drug-likeness (QED) is 0.518. The van der Waals surface area contributed by atoms with E-state index in [0.29, 0.717) is 18.9 Å². The molecule has 1 saturated heterocycles. The maximum Gasteiger partial charge on any atom is 0.222 e. The van der Waals surface area contributed by atoms with Gasteiger partial charge in [-0.25, -0.2) is 0 Å². The summed E-state index contributed by atoms with van der Waals surface area (Å²) in [6.07, 6.45) is 4.41. The van der Waals surface area contributed by atoms with Gasteiger partial charge in [0.1, 0.15) is 6.61 Å². The Bertz CT molecular complexity index is 537. The highest BCUT2D eigenvalue weighted by atomic mass is 35.5. The highest BCUT2D eigenvalue weighted by Gasteiger charge is 2.18. The van der Waals surface area contributed by atoms with Crippen molar-refractivity contribution in [2.45, 2.75) is 25.8 Å². The Hall–Kier alpha value is -1.72. The predicted octanol–water partition coefficient (Wildman–Crippen LogP) is 2.78. The molecule has 1 amide bonds. The molecular weight excluding hydrogens is 328 g/mol. The predicted molar refractivity (Wildman–Crippen MR) is 98.1 cm³/mol. The molecule has 1 aliphatic heterocycles. The summed E-state index contributed by atoms with van der Waals surface area (Å²) in [4.78, 5) is 13.5. The fourth-order valence-corrected chi connectivity index (χ4v) is 2.66. The summed E-state index contributed by atoms with van der Waals surface area (Å²) in [5, 5.41) is 3.40. The van der Waals surface area contributed by atoms with Gasteiger partial charge in [-0.3, -0.25) is 4.79 Å². The van der Waals surface area contributed by atoms with Crippen LogP contribution in [0.15, 0.2) is 30.9 Å². The summed E-state index contributed by atoms with van der Waals surface area (Å²) in [6, 6.07) is 5.93. The minimum absolute atomic E-state index is 0. The minimum atomic E-state index is 0. The lowest BCUT2D eigenvalue weighted by Crippen LogP contribution is -2.28. The SMILES string of the molecule is C=CCOc1ccc(CNCCCN2CCCC2=O)cc1OC.Cl. The molecule has 0 saturated carbocycles. The molecule has 0 aliphatic carbocycles. The Labute approximate surface area is 150 Å². The summed E-state index contributed by atoms with van der Waals surface area (Å²) < 4.78 is 10.9. The first-order valence-electron chi connectivity index (χ1n) is 8.13. The fraction of sp³-hybridized carbons (Fsp3) is 0.500. The Morgan fingerprint density at radius 1 is 1.38 bits per heavy atom. The molecule has 1 aromatic carbocycles. The molecule has 6 heteroatoms. The monoisotopic (exact) mass is 354 g/mol. The van der Waals surface area contributed by atoms with Gasteiger partial charge in [-0.15, -0.1) is 12.4 Å². The van der Waals surface area contributed by atoms with Crippen LogP contribution in [0.1, 0.15) is 24.8 Å². The van der Waals surface area contributed by atoms with Gasteiger partial charge >= 0.3 is 0 Å². The highest BCUT2D eigenvalue weighted by Crippen LogP contribution is 2.28. The lowest BCUT2D eigenvalue weighted by molar-refractivity contribution is -0.127.